The number of nitrogens with zero attached hydrogens (tertiary/aromatic N) is 1. The van der Waals surface area contributed by atoms with Crippen molar-refractivity contribution in [1.82, 2.24) is 0 Å². The molecule has 1 unspecified atom stereocenters. The number of halogens is 3. The molecule has 0 saturated carbocycles. The minimum atomic E-state index is -1.11. The highest BCUT2D eigenvalue weighted by molar-refractivity contribution is 6.43. The molecule has 1 rings (SSSR count). The number of ether oxygens (including phenoxy) is 1. The number of carbonyl (C=O) groups excluding carboxylic acids is 1. The maximum absolute atomic E-state index is 11.7. The summed E-state index contributed by atoms with van der Waals surface area (Å²) in [7, 11) is 0. The number of hydrogen-bond donors (Lipinski definition) is 1. The SMILES string of the molecule is CC(=N)C(C#N)C(=O)COc1cc(Cl)c(Cl)cc1Cl. The molecule has 1 aromatic rings. The van der Waals surface area contributed by atoms with Crippen LogP contribution in [0.25, 0.3) is 0 Å². The number of Topliss-reactive ketones (excluding diaryl/α,β-unsaturated/α-hetero) is 1. The Hall–Kier alpha value is -1.28. The zero-order valence-corrected chi connectivity index (χ0v) is 12.1. The Morgan fingerprint density at radius 2 is 1.95 bits per heavy atom. The van der Waals surface area contributed by atoms with Crippen molar-refractivity contribution in [1.29, 1.82) is 10.7 Å². The van der Waals surface area contributed by atoms with Crippen LogP contribution in [0.4, 0.5) is 0 Å². The molecule has 0 spiro atoms. The minimum absolute atomic E-state index is 0.0312. The van der Waals surface area contributed by atoms with Crippen molar-refractivity contribution in [3.8, 4) is 11.8 Å². The van der Waals surface area contributed by atoms with Crippen LogP contribution in [0.3, 0.4) is 0 Å². The first kappa shape index (κ1) is 15.8. The summed E-state index contributed by atoms with van der Waals surface area (Å²) in [6.07, 6.45) is 0. The predicted octanol–water partition coefficient (Wildman–Crippen LogP) is 3.77. The van der Waals surface area contributed by atoms with E-state index in [-0.39, 0.29) is 33.1 Å². The van der Waals surface area contributed by atoms with Gasteiger partial charge in [-0.05, 0) is 13.0 Å². The molecule has 1 N–H and O–H groups in total. The largest absolute Gasteiger partial charge is 0.484 e. The Bertz CT molecular complexity index is 567. The monoisotopic (exact) mass is 318 g/mol. The van der Waals surface area contributed by atoms with Crippen LogP contribution in [0, 0.1) is 22.7 Å². The quantitative estimate of drug-likeness (QED) is 0.663. The summed E-state index contributed by atoms with van der Waals surface area (Å²) in [4.78, 5) is 11.7. The van der Waals surface area contributed by atoms with Crippen LogP contribution in [0.1, 0.15) is 6.92 Å². The molecule has 0 saturated heterocycles. The van der Waals surface area contributed by atoms with Crippen LogP contribution >= 0.6 is 34.8 Å². The Balaban J connectivity index is 2.78. The number of rotatable bonds is 5. The van der Waals surface area contributed by atoms with Gasteiger partial charge in [0.2, 0.25) is 0 Å². The van der Waals surface area contributed by atoms with Crippen LogP contribution in [0.5, 0.6) is 5.75 Å². The van der Waals surface area contributed by atoms with Crippen molar-refractivity contribution in [3.05, 3.63) is 27.2 Å². The molecule has 0 aliphatic carbocycles. The minimum Gasteiger partial charge on any atom is -0.484 e. The molecule has 0 aromatic heterocycles. The molecular formula is C12H9Cl3N2O2. The summed E-state index contributed by atoms with van der Waals surface area (Å²) in [6.45, 7) is 1.02. The van der Waals surface area contributed by atoms with Gasteiger partial charge in [-0.25, -0.2) is 0 Å². The third-order valence-corrected chi connectivity index (χ3v) is 3.25. The highest BCUT2D eigenvalue weighted by Gasteiger charge is 2.21. The van der Waals surface area contributed by atoms with Gasteiger partial charge in [0.15, 0.2) is 5.78 Å². The molecule has 0 aliphatic heterocycles. The molecule has 0 fully saturated rings. The van der Waals surface area contributed by atoms with Crippen LogP contribution in [-0.4, -0.2) is 18.1 Å². The number of ketones is 1. The summed E-state index contributed by atoms with van der Waals surface area (Å²) < 4.78 is 5.20. The number of hydrogen-bond acceptors (Lipinski definition) is 4. The Labute approximate surface area is 125 Å². The lowest BCUT2D eigenvalue weighted by Gasteiger charge is -2.10. The van der Waals surface area contributed by atoms with E-state index >= 15 is 0 Å². The third-order valence-electron chi connectivity index (χ3n) is 2.23. The van der Waals surface area contributed by atoms with Gasteiger partial charge in [-0.15, -0.1) is 0 Å². The van der Waals surface area contributed by atoms with E-state index in [2.05, 4.69) is 0 Å². The fourth-order valence-corrected chi connectivity index (χ4v) is 1.85. The molecule has 1 aromatic carbocycles. The van der Waals surface area contributed by atoms with Crippen molar-refractivity contribution in [2.24, 2.45) is 5.92 Å². The highest BCUT2D eigenvalue weighted by atomic mass is 35.5. The highest BCUT2D eigenvalue weighted by Crippen LogP contribution is 2.33. The van der Waals surface area contributed by atoms with Gasteiger partial charge >= 0.3 is 0 Å². The summed E-state index contributed by atoms with van der Waals surface area (Å²) in [5.41, 5.74) is -0.0312. The molecule has 7 heteroatoms. The number of benzene rings is 1. The van der Waals surface area contributed by atoms with Gasteiger partial charge in [0.25, 0.3) is 0 Å². The molecule has 0 aliphatic rings. The Kier molecular flexibility index (Phi) is 5.61. The van der Waals surface area contributed by atoms with Crippen molar-refractivity contribution < 1.29 is 9.53 Å². The van der Waals surface area contributed by atoms with Gasteiger partial charge in [-0.2, -0.15) is 5.26 Å². The molecule has 0 bridgehead atoms. The van der Waals surface area contributed by atoms with Crippen molar-refractivity contribution in [3.63, 3.8) is 0 Å². The van der Waals surface area contributed by atoms with Gasteiger partial charge < -0.3 is 10.1 Å². The van der Waals surface area contributed by atoms with E-state index in [1.165, 1.54) is 19.1 Å². The zero-order chi connectivity index (χ0) is 14.6. The number of nitrogens with one attached hydrogen (secondary N) is 1. The summed E-state index contributed by atoms with van der Waals surface area (Å²) in [5, 5.41) is 16.8. The number of nitriles is 1. The fraction of sp³-hybridized carbons (Fsp3) is 0.250. The van der Waals surface area contributed by atoms with Crippen molar-refractivity contribution >= 4 is 46.3 Å². The second-order valence-corrected chi connectivity index (χ2v) is 4.92. The second-order valence-electron chi connectivity index (χ2n) is 3.70. The Morgan fingerprint density at radius 1 is 1.37 bits per heavy atom. The van der Waals surface area contributed by atoms with Gasteiger partial charge in [0.1, 0.15) is 18.3 Å². The molecule has 4 nitrogen and oxygen atoms in total. The second kappa shape index (κ2) is 6.76. The van der Waals surface area contributed by atoms with Crippen LogP contribution < -0.4 is 4.74 Å². The molecule has 1 atom stereocenters. The lowest BCUT2D eigenvalue weighted by molar-refractivity contribution is -0.121. The Morgan fingerprint density at radius 3 is 2.47 bits per heavy atom. The summed E-state index contributed by atoms with van der Waals surface area (Å²) in [6, 6.07) is 4.52. The maximum atomic E-state index is 11.7. The molecular weight excluding hydrogens is 311 g/mol. The van der Waals surface area contributed by atoms with Gasteiger partial charge in [0, 0.05) is 11.8 Å². The van der Waals surface area contributed by atoms with E-state index in [1.54, 1.807) is 6.07 Å². The van der Waals surface area contributed by atoms with E-state index in [0.717, 1.165) is 0 Å². The predicted molar refractivity (Wildman–Crippen MR) is 74.5 cm³/mol. The van der Waals surface area contributed by atoms with E-state index in [9.17, 15) is 4.79 Å². The normalized spacial score (nSPS) is 11.5. The van der Waals surface area contributed by atoms with Gasteiger partial charge in [0.05, 0.1) is 21.1 Å². The topological polar surface area (TPSA) is 73.9 Å². The van der Waals surface area contributed by atoms with Crippen LogP contribution in [0.2, 0.25) is 15.1 Å². The van der Waals surface area contributed by atoms with Crippen LogP contribution in [-0.2, 0) is 4.79 Å². The maximum Gasteiger partial charge on any atom is 0.192 e. The fourth-order valence-electron chi connectivity index (χ4n) is 1.26. The molecule has 100 valence electrons. The summed E-state index contributed by atoms with van der Waals surface area (Å²) in [5.74, 6) is -1.43. The first-order chi connectivity index (χ1) is 8.86. The van der Waals surface area contributed by atoms with Crippen molar-refractivity contribution in [2.45, 2.75) is 6.92 Å². The van der Waals surface area contributed by atoms with Gasteiger partial charge in [-0.1, -0.05) is 34.8 Å². The lowest BCUT2D eigenvalue weighted by Crippen LogP contribution is -2.25. The smallest absolute Gasteiger partial charge is 0.192 e. The average Bonchev–Trinajstić information content (AvgIpc) is 2.32. The van der Waals surface area contributed by atoms with E-state index in [0.29, 0.717) is 0 Å². The molecule has 0 radical (unpaired) electrons. The van der Waals surface area contributed by atoms with Gasteiger partial charge in [-0.3, -0.25) is 4.79 Å². The molecule has 0 amide bonds. The number of carbonyl (C=O) groups is 1. The average molecular weight is 320 g/mol. The summed E-state index contributed by atoms with van der Waals surface area (Å²) >= 11 is 17.4. The van der Waals surface area contributed by atoms with E-state index < -0.39 is 11.7 Å². The first-order valence-corrected chi connectivity index (χ1v) is 6.25. The standard InChI is InChI=1S/C12H9Cl3N2O2/c1-6(17)7(4-16)11(18)5-19-12-3-9(14)8(13)2-10(12)15/h2-3,7,17H,5H2,1H3. The van der Waals surface area contributed by atoms with E-state index in [4.69, 9.17) is 50.2 Å². The molecule has 0 heterocycles. The first-order valence-electron chi connectivity index (χ1n) is 5.11. The van der Waals surface area contributed by atoms with Crippen molar-refractivity contribution in [2.75, 3.05) is 6.61 Å². The molecule has 19 heavy (non-hydrogen) atoms. The lowest BCUT2D eigenvalue weighted by atomic mass is 10.0. The zero-order valence-electron chi connectivity index (χ0n) is 9.84. The van der Waals surface area contributed by atoms with Crippen LogP contribution in [0.15, 0.2) is 12.1 Å². The van der Waals surface area contributed by atoms with E-state index in [1.807, 2.05) is 0 Å². The third kappa shape index (κ3) is 4.10.